The van der Waals surface area contributed by atoms with Crippen LogP contribution in [0.5, 0.6) is 0 Å². The summed E-state index contributed by atoms with van der Waals surface area (Å²) in [5, 5.41) is 0. The molecule has 0 aromatic heterocycles. The van der Waals surface area contributed by atoms with Gasteiger partial charge in [-0.1, -0.05) is 0 Å². The largest absolute Gasteiger partial charge is 0.325 e. The van der Waals surface area contributed by atoms with Crippen molar-refractivity contribution in [2.45, 2.75) is 31.2 Å². The maximum absolute atomic E-state index is 6.16. The Bertz CT molecular complexity index is 147. The summed E-state index contributed by atoms with van der Waals surface area (Å²) in [5.41, 5.74) is 7.04. The van der Waals surface area contributed by atoms with Crippen LogP contribution in [-0.2, 0) is 0 Å². The molecule has 0 aliphatic heterocycles. The average Bonchev–Trinajstić information content (AvgIpc) is 2.69. The number of rotatable bonds is 3. The molecule has 2 rings (SSSR count). The summed E-state index contributed by atoms with van der Waals surface area (Å²) in [5.74, 6) is 1.30. The van der Waals surface area contributed by atoms with Gasteiger partial charge in [-0.25, -0.2) is 0 Å². The van der Waals surface area contributed by atoms with E-state index in [0.29, 0.717) is 5.41 Å². The molecule has 58 valence electrons. The van der Waals surface area contributed by atoms with Gasteiger partial charge in [-0.05, 0) is 37.4 Å². The van der Waals surface area contributed by atoms with Gasteiger partial charge in [-0.2, -0.15) is 11.8 Å². The molecule has 0 aromatic rings. The summed E-state index contributed by atoms with van der Waals surface area (Å²) in [6, 6.07) is 0. The quantitative estimate of drug-likeness (QED) is 0.673. The lowest BCUT2D eigenvalue weighted by Gasteiger charge is -2.21. The van der Waals surface area contributed by atoms with Crippen molar-refractivity contribution < 1.29 is 0 Å². The average molecular weight is 157 g/mol. The molecule has 2 N–H and O–H groups in total. The minimum absolute atomic E-state index is 0.288. The van der Waals surface area contributed by atoms with E-state index in [2.05, 4.69) is 6.26 Å². The van der Waals surface area contributed by atoms with E-state index in [4.69, 9.17) is 5.73 Å². The Hall–Kier alpha value is 0.310. The first-order chi connectivity index (χ1) is 4.72. The van der Waals surface area contributed by atoms with E-state index >= 15 is 0 Å². The lowest BCUT2D eigenvalue weighted by atomic mass is 9.97. The predicted molar refractivity (Wildman–Crippen MR) is 46.2 cm³/mol. The van der Waals surface area contributed by atoms with E-state index in [1.54, 1.807) is 0 Å². The fourth-order valence-corrected chi connectivity index (χ4v) is 3.01. The van der Waals surface area contributed by atoms with Gasteiger partial charge >= 0.3 is 0 Å². The smallest absolute Gasteiger partial charge is 0.0220 e. The molecule has 2 aliphatic rings. The van der Waals surface area contributed by atoms with Crippen LogP contribution in [0.15, 0.2) is 0 Å². The molecule has 0 aromatic carbocycles. The van der Waals surface area contributed by atoms with Crippen molar-refractivity contribution >= 4 is 11.8 Å². The molecule has 0 spiro atoms. The summed E-state index contributed by atoms with van der Waals surface area (Å²) in [6.45, 7) is 0. The zero-order chi connectivity index (χ0) is 7.24. The minimum Gasteiger partial charge on any atom is -0.325 e. The maximum atomic E-state index is 6.16. The summed E-state index contributed by atoms with van der Waals surface area (Å²) in [7, 11) is 0. The first-order valence-corrected chi connectivity index (χ1v) is 5.40. The summed E-state index contributed by atoms with van der Waals surface area (Å²) >= 11 is 1.96. The number of hydrogen-bond donors (Lipinski definition) is 1. The normalized spacial score (nSPS) is 31.8. The van der Waals surface area contributed by atoms with Crippen LogP contribution < -0.4 is 5.73 Å². The molecule has 0 saturated heterocycles. The van der Waals surface area contributed by atoms with Crippen LogP contribution in [0.1, 0.15) is 25.7 Å². The highest BCUT2D eigenvalue weighted by Gasteiger charge is 2.62. The second kappa shape index (κ2) is 1.92. The molecule has 2 fully saturated rings. The van der Waals surface area contributed by atoms with Crippen LogP contribution in [0, 0.1) is 5.41 Å². The van der Waals surface area contributed by atoms with E-state index < -0.39 is 0 Å². The van der Waals surface area contributed by atoms with E-state index in [-0.39, 0.29) is 5.54 Å². The van der Waals surface area contributed by atoms with Crippen molar-refractivity contribution in [3.05, 3.63) is 0 Å². The van der Waals surface area contributed by atoms with Crippen LogP contribution in [-0.4, -0.2) is 17.5 Å². The molecule has 2 heteroatoms. The Labute approximate surface area is 66.7 Å². The molecule has 10 heavy (non-hydrogen) atoms. The van der Waals surface area contributed by atoms with Crippen LogP contribution in [0.2, 0.25) is 0 Å². The van der Waals surface area contributed by atoms with Crippen molar-refractivity contribution in [3.63, 3.8) is 0 Å². The van der Waals surface area contributed by atoms with E-state index in [1.807, 2.05) is 11.8 Å². The highest BCUT2D eigenvalue weighted by atomic mass is 32.2. The van der Waals surface area contributed by atoms with Gasteiger partial charge < -0.3 is 5.73 Å². The maximum Gasteiger partial charge on any atom is 0.0220 e. The van der Waals surface area contributed by atoms with Gasteiger partial charge in [0.15, 0.2) is 0 Å². The number of nitrogens with two attached hydrogens (primary N) is 1. The third-order valence-corrected chi connectivity index (χ3v) is 3.96. The third-order valence-electron chi connectivity index (χ3n) is 3.12. The third kappa shape index (κ3) is 0.817. The second-order valence-corrected chi connectivity index (χ2v) is 4.74. The Balaban J connectivity index is 2.01. The van der Waals surface area contributed by atoms with Crippen molar-refractivity contribution in [2.24, 2.45) is 11.1 Å². The molecule has 2 aliphatic carbocycles. The Kier molecular flexibility index (Phi) is 1.34. The summed E-state index contributed by atoms with van der Waals surface area (Å²) in [4.78, 5) is 0. The van der Waals surface area contributed by atoms with Gasteiger partial charge in [0.25, 0.3) is 0 Å². The zero-order valence-electron chi connectivity index (χ0n) is 6.52. The summed E-state index contributed by atoms with van der Waals surface area (Å²) in [6.07, 6.45) is 7.54. The SMILES string of the molecule is CSCC1(C2(N)CC2)CC1. The van der Waals surface area contributed by atoms with Crippen LogP contribution in [0.25, 0.3) is 0 Å². The standard InChI is InChI=1S/C8H15NS/c1-10-6-7(2-3-7)8(9)4-5-8/h2-6,9H2,1H3. The second-order valence-electron chi connectivity index (χ2n) is 3.87. The highest BCUT2D eigenvalue weighted by Crippen LogP contribution is 2.63. The predicted octanol–water partition coefficient (Wildman–Crippen LogP) is 1.62. The first kappa shape index (κ1) is 6.99. The van der Waals surface area contributed by atoms with Gasteiger partial charge in [-0.15, -0.1) is 0 Å². The van der Waals surface area contributed by atoms with E-state index in [1.165, 1.54) is 31.4 Å². The molecule has 0 atom stereocenters. The monoisotopic (exact) mass is 157 g/mol. The number of thioether (sulfide) groups is 1. The minimum atomic E-state index is 0.288. The molecular formula is C8H15NS. The van der Waals surface area contributed by atoms with Gasteiger partial charge in [0.2, 0.25) is 0 Å². The topological polar surface area (TPSA) is 26.0 Å². The van der Waals surface area contributed by atoms with Crippen LogP contribution in [0.3, 0.4) is 0 Å². The number of hydrogen-bond acceptors (Lipinski definition) is 2. The van der Waals surface area contributed by atoms with E-state index in [0.717, 1.165) is 0 Å². The Morgan fingerprint density at radius 2 is 1.90 bits per heavy atom. The molecule has 2 saturated carbocycles. The lowest BCUT2D eigenvalue weighted by molar-refractivity contribution is 0.426. The van der Waals surface area contributed by atoms with Crippen molar-refractivity contribution in [3.8, 4) is 0 Å². The van der Waals surface area contributed by atoms with Crippen molar-refractivity contribution in [2.75, 3.05) is 12.0 Å². The Morgan fingerprint density at radius 3 is 2.20 bits per heavy atom. The lowest BCUT2D eigenvalue weighted by Crippen LogP contribution is -2.35. The molecule has 1 nitrogen and oxygen atoms in total. The van der Waals surface area contributed by atoms with Crippen LogP contribution in [0.4, 0.5) is 0 Å². The van der Waals surface area contributed by atoms with Gasteiger partial charge in [-0.3, -0.25) is 0 Å². The van der Waals surface area contributed by atoms with Crippen molar-refractivity contribution in [1.82, 2.24) is 0 Å². The van der Waals surface area contributed by atoms with E-state index in [9.17, 15) is 0 Å². The fraction of sp³-hybridized carbons (Fsp3) is 1.00. The van der Waals surface area contributed by atoms with Gasteiger partial charge in [0.05, 0.1) is 0 Å². The molecule has 0 unspecified atom stereocenters. The highest BCUT2D eigenvalue weighted by molar-refractivity contribution is 7.98. The van der Waals surface area contributed by atoms with Crippen molar-refractivity contribution in [1.29, 1.82) is 0 Å². The zero-order valence-corrected chi connectivity index (χ0v) is 7.34. The molecule has 0 bridgehead atoms. The molecular weight excluding hydrogens is 142 g/mol. The van der Waals surface area contributed by atoms with Gasteiger partial charge in [0, 0.05) is 11.3 Å². The molecule has 0 amide bonds. The fourth-order valence-electron chi connectivity index (χ4n) is 1.88. The molecule has 0 radical (unpaired) electrons. The summed E-state index contributed by atoms with van der Waals surface area (Å²) < 4.78 is 0. The Morgan fingerprint density at radius 1 is 1.30 bits per heavy atom. The molecule has 0 heterocycles. The first-order valence-electron chi connectivity index (χ1n) is 4.00. The van der Waals surface area contributed by atoms with Crippen LogP contribution >= 0.6 is 11.8 Å². The van der Waals surface area contributed by atoms with Gasteiger partial charge in [0.1, 0.15) is 0 Å².